The summed E-state index contributed by atoms with van der Waals surface area (Å²) in [5.74, 6) is 0.0913. The second-order valence-corrected chi connectivity index (χ2v) is 8.84. The van der Waals surface area contributed by atoms with Gasteiger partial charge in [-0.3, -0.25) is 9.10 Å². The molecule has 0 fully saturated rings. The molecule has 2 aromatic carbocycles. The van der Waals surface area contributed by atoms with Gasteiger partial charge in [0.1, 0.15) is 12.0 Å². The molecule has 0 bridgehead atoms. The van der Waals surface area contributed by atoms with E-state index in [0.29, 0.717) is 16.6 Å². The van der Waals surface area contributed by atoms with E-state index in [0.717, 1.165) is 27.1 Å². The van der Waals surface area contributed by atoms with Gasteiger partial charge in [-0.1, -0.05) is 24.3 Å². The number of aromatic nitrogens is 1. The molecule has 0 radical (unpaired) electrons. The van der Waals surface area contributed by atoms with Crippen LogP contribution in [-0.2, 0) is 10.2 Å². The fourth-order valence-corrected chi connectivity index (χ4v) is 4.61. The number of aromatic hydroxyl groups is 1. The number of rotatable bonds is 4. The van der Waals surface area contributed by atoms with Gasteiger partial charge in [0.15, 0.2) is 0 Å². The zero-order valence-electron chi connectivity index (χ0n) is 15.3. The summed E-state index contributed by atoms with van der Waals surface area (Å²) in [5.41, 5.74) is 3.29. The third-order valence-electron chi connectivity index (χ3n) is 4.94. The molecule has 1 atom stereocenters. The van der Waals surface area contributed by atoms with Crippen LogP contribution in [0, 0.1) is 0 Å². The summed E-state index contributed by atoms with van der Waals surface area (Å²) in [7, 11) is -0.821. The zero-order valence-corrected chi connectivity index (χ0v) is 16.1. The number of nitrogens with zero attached hydrogens (tertiary/aromatic N) is 2. The van der Waals surface area contributed by atoms with Crippen molar-refractivity contribution in [2.45, 2.75) is 6.04 Å². The molecule has 7 nitrogen and oxygen atoms in total. The number of para-hydroxylation sites is 1. The van der Waals surface area contributed by atoms with Gasteiger partial charge in [-0.05, 0) is 29.3 Å². The van der Waals surface area contributed by atoms with Crippen LogP contribution in [0.3, 0.4) is 0 Å². The van der Waals surface area contributed by atoms with Crippen LogP contribution in [0.25, 0.3) is 17.0 Å². The molecule has 1 aliphatic rings. The van der Waals surface area contributed by atoms with Gasteiger partial charge < -0.3 is 10.1 Å². The Balaban J connectivity index is 2.00. The van der Waals surface area contributed by atoms with Crippen LogP contribution < -0.4 is 0 Å². The summed E-state index contributed by atoms with van der Waals surface area (Å²) in [6.45, 7) is 0. The van der Waals surface area contributed by atoms with E-state index < -0.39 is 16.3 Å². The molecule has 1 aromatic heterocycles. The molecule has 2 N–H and O–H groups in total. The number of carbonyl (C=O) groups is 1. The van der Waals surface area contributed by atoms with Crippen LogP contribution in [0.2, 0.25) is 0 Å². The van der Waals surface area contributed by atoms with Crippen molar-refractivity contribution in [3.8, 4) is 5.75 Å². The lowest BCUT2D eigenvalue weighted by atomic mass is 9.91. The highest BCUT2D eigenvalue weighted by Gasteiger charge is 2.36. The van der Waals surface area contributed by atoms with Crippen molar-refractivity contribution in [2.75, 3.05) is 14.1 Å². The van der Waals surface area contributed by atoms with Crippen LogP contribution in [0.4, 0.5) is 0 Å². The molecular weight excluding hydrogens is 378 g/mol. The Labute approximate surface area is 162 Å². The quantitative estimate of drug-likeness (QED) is 0.662. The maximum Gasteiger partial charge on any atom is 0.303 e. The van der Waals surface area contributed by atoms with E-state index >= 15 is 0 Å². The summed E-state index contributed by atoms with van der Waals surface area (Å²) in [6, 6.07) is 9.65. The SMILES string of the molecule is CN(C)S(=O)(=O)N1C=Cc2cc(C=O)ccc2C1c1c[nH]c2c(O)cccc12. The average molecular weight is 397 g/mol. The fraction of sp³-hybridized carbons (Fsp3) is 0.150. The number of aromatic amines is 1. The first-order valence-corrected chi connectivity index (χ1v) is 10.0. The van der Waals surface area contributed by atoms with Gasteiger partial charge in [-0.25, -0.2) is 0 Å². The van der Waals surface area contributed by atoms with E-state index in [-0.39, 0.29) is 5.75 Å². The molecule has 0 saturated carbocycles. The Hall–Kier alpha value is -3.10. The third-order valence-corrected chi connectivity index (χ3v) is 6.73. The van der Waals surface area contributed by atoms with E-state index in [2.05, 4.69) is 4.98 Å². The molecule has 0 aliphatic carbocycles. The molecule has 1 aliphatic heterocycles. The zero-order chi connectivity index (χ0) is 20.1. The highest BCUT2D eigenvalue weighted by Crippen LogP contribution is 2.41. The molecule has 144 valence electrons. The molecule has 2 heterocycles. The fourth-order valence-electron chi connectivity index (χ4n) is 3.53. The molecule has 3 aromatic rings. The molecule has 0 spiro atoms. The Morgan fingerprint density at radius 3 is 2.68 bits per heavy atom. The largest absolute Gasteiger partial charge is 0.506 e. The summed E-state index contributed by atoms with van der Waals surface area (Å²) < 4.78 is 28.5. The minimum absolute atomic E-state index is 0.0913. The topological polar surface area (TPSA) is 93.7 Å². The number of carbonyl (C=O) groups excluding carboxylic acids is 1. The van der Waals surface area contributed by atoms with E-state index in [1.807, 2.05) is 6.07 Å². The molecule has 28 heavy (non-hydrogen) atoms. The summed E-state index contributed by atoms with van der Waals surface area (Å²) in [5, 5.41) is 10.9. The minimum atomic E-state index is -3.78. The standard InChI is InChI=1S/C20H19N3O4S/c1-22(2)28(26,27)23-9-8-14-10-13(12-24)6-7-15(14)20(23)17-11-21-19-16(17)4-3-5-18(19)25/h3-12,20-21,25H,1-2H3. The van der Waals surface area contributed by atoms with E-state index in [4.69, 9.17) is 0 Å². The average Bonchev–Trinajstić information content (AvgIpc) is 3.11. The van der Waals surface area contributed by atoms with Gasteiger partial charge in [0.05, 0.1) is 11.6 Å². The number of H-pyrrole nitrogens is 1. The number of phenolic OH excluding ortho intramolecular Hbond substituents is 1. The molecule has 8 heteroatoms. The van der Waals surface area contributed by atoms with Crippen LogP contribution in [-0.4, -0.2) is 47.5 Å². The van der Waals surface area contributed by atoms with Gasteiger partial charge in [0.2, 0.25) is 0 Å². The van der Waals surface area contributed by atoms with Crippen molar-refractivity contribution in [3.05, 3.63) is 71.0 Å². The Morgan fingerprint density at radius 2 is 1.96 bits per heavy atom. The van der Waals surface area contributed by atoms with Crippen molar-refractivity contribution < 1.29 is 18.3 Å². The van der Waals surface area contributed by atoms with Crippen LogP contribution in [0.5, 0.6) is 5.75 Å². The van der Waals surface area contributed by atoms with Gasteiger partial charge in [-0.15, -0.1) is 0 Å². The Bertz CT molecular complexity index is 1210. The van der Waals surface area contributed by atoms with E-state index in [9.17, 15) is 18.3 Å². The van der Waals surface area contributed by atoms with Crippen LogP contribution in [0.1, 0.15) is 33.1 Å². The maximum absolute atomic E-state index is 13.0. The number of benzene rings is 2. The van der Waals surface area contributed by atoms with Crippen molar-refractivity contribution >= 4 is 33.5 Å². The van der Waals surface area contributed by atoms with Crippen molar-refractivity contribution in [1.29, 1.82) is 0 Å². The van der Waals surface area contributed by atoms with Crippen LogP contribution >= 0.6 is 0 Å². The first-order valence-electron chi connectivity index (χ1n) is 8.62. The van der Waals surface area contributed by atoms with Gasteiger partial charge in [-0.2, -0.15) is 12.7 Å². The lowest BCUT2D eigenvalue weighted by molar-refractivity contribution is 0.112. The number of phenols is 1. The van der Waals surface area contributed by atoms with Crippen molar-refractivity contribution in [1.82, 2.24) is 13.6 Å². The predicted molar refractivity (Wildman–Crippen MR) is 107 cm³/mol. The molecule has 0 saturated heterocycles. The number of aldehydes is 1. The lowest BCUT2D eigenvalue weighted by Crippen LogP contribution is -2.40. The van der Waals surface area contributed by atoms with E-state index in [1.165, 1.54) is 24.6 Å². The van der Waals surface area contributed by atoms with E-state index in [1.54, 1.807) is 42.6 Å². The summed E-state index contributed by atoms with van der Waals surface area (Å²) >= 11 is 0. The number of nitrogens with one attached hydrogen (secondary N) is 1. The number of hydrogen-bond acceptors (Lipinski definition) is 4. The maximum atomic E-state index is 13.0. The molecule has 1 unspecified atom stereocenters. The molecule has 4 rings (SSSR count). The Morgan fingerprint density at radius 1 is 1.18 bits per heavy atom. The highest BCUT2D eigenvalue weighted by atomic mass is 32.2. The van der Waals surface area contributed by atoms with Gasteiger partial charge >= 0.3 is 10.2 Å². The second kappa shape index (κ2) is 6.50. The number of fused-ring (bicyclic) bond motifs is 2. The highest BCUT2D eigenvalue weighted by molar-refractivity contribution is 7.86. The minimum Gasteiger partial charge on any atom is -0.506 e. The smallest absolute Gasteiger partial charge is 0.303 e. The van der Waals surface area contributed by atoms with Gasteiger partial charge in [0.25, 0.3) is 0 Å². The van der Waals surface area contributed by atoms with Crippen molar-refractivity contribution in [3.63, 3.8) is 0 Å². The van der Waals surface area contributed by atoms with Crippen LogP contribution in [0.15, 0.2) is 48.8 Å². The second-order valence-electron chi connectivity index (χ2n) is 6.79. The summed E-state index contributed by atoms with van der Waals surface area (Å²) in [6.07, 6.45) is 5.67. The molecular formula is C20H19N3O4S. The lowest BCUT2D eigenvalue weighted by Gasteiger charge is -2.35. The first kappa shape index (κ1) is 18.3. The number of hydrogen-bond donors (Lipinski definition) is 2. The monoisotopic (exact) mass is 397 g/mol. The molecule has 0 amide bonds. The normalized spacial score (nSPS) is 16.5. The van der Waals surface area contributed by atoms with Crippen molar-refractivity contribution in [2.24, 2.45) is 0 Å². The van der Waals surface area contributed by atoms with Gasteiger partial charge in [0, 0.05) is 43.0 Å². The Kier molecular flexibility index (Phi) is 4.24. The first-order chi connectivity index (χ1) is 13.3. The third kappa shape index (κ3) is 2.69. The predicted octanol–water partition coefficient (Wildman–Crippen LogP) is 2.87. The summed E-state index contributed by atoms with van der Waals surface area (Å²) in [4.78, 5) is 14.2.